The molecule has 7 heteroatoms. The lowest BCUT2D eigenvalue weighted by molar-refractivity contribution is 0.438. The molecule has 1 aromatic rings. The van der Waals surface area contributed by atoms with Gasteiger partial charge in [-0.1, -0.05) is 0 Å². The highest BCUT2D eigenvalue weighted by atomic mass is 32.2. The van der Waals surface area contributed by atoms with Crippen LogP contribution in [0.2, 0.25) is 0 Å². The molecule has 1 aliphatic heterocycles. The fourth-order valence-corrected chi connectivity index (χ4v) is 5.79. The number of hydrogen-bond donors (Lipinski definition) is 1. The molecule has 0 unspecified atom stereocenters. The molecule has 118 valence electrons. The first-order valence-electron chi connectivity index (χ1n) is 7.06. The maximum atomic E-state index is 12.8. The Bertz CT molecular complexity index is 623. The van der Waals surface area contributed by atoms with E-state index in [0.29, 0.717) is 29.5 Å². The van der Waals surface area contributed by atoms with Gasteiger partial charge < -0.3 is 5.32 Å². The van der Waals surface area contributed by atoms with Crippen molar-refractivity contribution in [2.75, 3.05) is 36.5 Å². The number of nitrogens with one attached hydrogen (secondary N) is 1. The van der Waals surface area contributed by atoms with Crippen LogP contribution in [-0.2, 0) is 20.8 Å². The summed E-state index contributed by atoms with van der Waals surface area (Å²) in [6.45, 7) is 7.11. The van der Waals surface area contributed by atoms with Crippen LogP contribution in [-0.4, -0.2) is 48.1 Å². The highest BCUT2D eigenvalue weighted by Gasteiger charge is 2.30. The van der Waals surface area contributed by atoms with Crippen molar-refractivity contribution >= 4 is 26.5 Å². The summed E-state index contributed by atoms with van der Waals surface area (Å²) >= 11 is 0. The molecule has 1 fully saturated rings. The third-order valence-electron chi connectivity index (χ3n) is 3.58. The van der Waals surface area contributed by atoms with Gasteiger partial charge in [-0.05, 0) is 44.0 Å². The largest absolute Gasteiger partial charge is 0.385 e. The minimum absolute atomic E-state index is 0.336. The summed E-state index contributed by atoms with van der Waals surface area (Å²) in [6.07, 6.45) is 0. The molecule has 0 atom stereocenters. The Labute approximate surface area is 129 Å². The second kappa shape index (κ2) is 6.46. The predicted octanol–water partition coefficient (Wildman–Crippen LogP) is 1.49. The average Bonchev–Trinajstić information content (AvgIpc) is 2.38. The molecule has 0 bridgehead atoms. The molecule has 1 aliphatic rings. The molecular weight excluding hydrogens is 308 g/mol. The Morgan fingerprint density at radius 1 is 1.19 bits per heavy atom. The maximum absolute atomic E-state index is 12.8. The van der Waals surface area contributed by atoms with Gasteiger partial charge in [0.1, 0.15) is 0 Å². The first-order chi connectivity index (χ1) is 9.86. The third-order valence-corrected chi connectivity index (χ3v) is 7.06. The fourth-order valence-electron chi connectivity index (χ4n) is 2.65. The second-order valence-corrected chi connectivity index (χ2v) is 8.79. The van der Waals surface area contributed by atoms with Crippen LogP contribution < -0.4 is 5.32 Å². The molecule has 0 saturated carbocycles. The van der Waals surface area contributed by atoms with E-state index in [1.807, 2.05) is 32.9 Å². The van der Waals surface area contributed by atoms with Crippen molar-refractivity contribution in [1.29, 1.82) is 0 Å². The fraction of sp³-hybridized carbons (Fsp3) is 0.571. The summed E-state index contributed by atoms with van der Waals surface area (Å²) in [4.78, 5) is 0.386. The average molecular weight is 330 g/mol. The Morgan fingerprint density at radius 3 is 2.19 bits per heavy atom. The van der Waals surface area contributed by atoms with E-state index in [4.69, 9.17) is 0 Å². The third kappa shape index (κ3) is 3.46. The van der Waals surface area contributed by atoms with Gasteiger partial charge in [-0.3, -0.25) is 4.21 Å². The summed E-state index contributed by atoms with van der Waals surface area (Å²) in [7, 11) is -4.39. The zero-order chi connectivity index (χ0) is 15.6. The van der Waals surface area contributed by atoms with E-state index in [1.54, 1.807) is 0 Å². The van der Waals surface area contributed by atoms with E-state index in [-0.39, 0.29) is 0 Å². The second-order valence-electron chi connectivity index (χ2n) is 5.22. The topological polar surface area (TPSA) is 66.5 Å². The van der Waals surface area contributed by atoms with Crippen molar-refractivity contribution in [3.05, 3.63) is 23.3 Å². The lowest BCUT2D eigenvalue weighted by atomic mass is 10.1. The van der Waals surface area contributed by atoms with Gasteiger partial charge in [-0.25, -0.2) is 8.42 Å². The lowest BCUT2D eigenvalue weighted by Gasteiger charge is -2.27. The van der Waals surface area contributed by atoms with Crippen molar-refractivity contribution < 1.29 is 12.6 Å². The van der Waals surface area contributed by atoms with Crippen LogP contribution in [0.25, 0.3) is 0 Å². The van der Waals surface area contributed by atoms with Crippen LogP contribution in [0.15, 0.2) is 17.0 Å². The number of aryl methyl sites for hydroxylation is 2. The van der Waals surface area contributed by atoms with Gasteiger partial charge in [0.25, 0.3) is 0 Å². The van der Waals surface area contributed by atoms with Gasteiger partial charge in [-0.2, -0.15) is 4.31 Å². The molecule has 5 nitrogen and oxygen atoms in total. The Hall–Kier alpha value is -0.920. The molecular formula is C14H22N2O3S2. The minimum atomic E-state index is -3.51. The first kappa shape index (κ1) is 16.5. The van der Waals surface area contributed by atoms with E-state index >= 15 is 0 Å². The van der Waals surface area contributed by atoms with Crippen LogP contribution in [0.1, 0.15) is 18.1 Å². The first-order valence-corrected chi connectivity index (χ1v) is 9.99. The summed E-state index contributed by atoms with van der Waals surface area (Å²) < 4.78 is 38.5. The normalized spacial score (nSPS) is 17.9. The number of sulfonamides is 1. The SMILES string of the molecule is CCNc1cc(C)c(S(=O)(=O)N2CCS(=O)CC2)c(C)c1. The molecule has 2 rings (SSSR count). The van der Waals surface area contributed by atoms with Crippen LogP contribution in [0, 0.1) is 13.8 Å². The van der Waals surface area contributed by atoms with Gasteiger partial charge in [0, 0.05) is 47.6 Å². The molecule has 1 heterocycles. The monoisotopic (exact) mass is 330 g/mol. The van der Waals surface area contributed by atoms with E-state index in [2.05, 4.69) is 5.32 Å². The molecule has 0 aromatic heterocycles. The van der Waals surface area contributed by atoms with Crippen molar-refractivity contribution in [2.45, 2.75) is 25.7 Å². The molecule has 0 amide bonds. The number of hydrogen-bond acceptors (Lipinski definition) is 4. The van der Waals surface area contributed by atoms with E-state index < -0.39 is 20.8 Å². The maximum Gasteiger partial charge on any atom is 0.243 e. The highest BCUT2D eigenvalue weighted by molar-refractivity contribution is 7.89. The van der Waals surface area contributed by atoms with Gasteiger partial charge in [0.05, 0.1) is 4.90 Å². The number of nitrogens with zero attached hydrogens (tertiary/aromatic N) is 1. The van der Waals surface area contributed by atoms with Gasteiger partial charge in [-0.15, -0.1) is 0 Å². The van der Waals surface area contributed by atoms with Crippen molar-refractivity contribution in [1.82, 2.24) is 4.31 Å². The Kier molecular flexibility index (Phi) is 5.06. The van der Waals surface area contributed by atoms with Crippen LogP contribution >= 0.6 is 0 Å². The molecule has 0 radical (unpaired) electrons. The smallest absolute Gasteiger partial charge is 0.243 e. The zero-order valence-corrected chi connectivity index (χ0v) is 14.3. The van der Waals surface area contributed by atoms with Gasteiger partial charge >= 0.3 is 0 Å². The standard InChI is InChI=1S/C14H22N2O3S2/c1-4-15-13-9-11(2)14(12(3)10-13)21(18,19)16-5-7-20(17)8-6-16/h9-10,15H,4-8H2,1-3H3. The minimum Gasteiger partial charge on any atom is -0.385 e. The van der Waals surface area contributed by atoms with E-state index in [1.165, 1.54) is 4.31 Å². The summed E-state index contributed by atoms with van der Waals surface area (Å²) in [5, 5.41) is 3.20. The van der Waals surface area contributed by atoms with Crippen molar-refractivity contribution in [2.24, 2.45) is 0 Å². The lowest BCUT2D eigenvalue weighted by Crippen LogP contribution is -2.42. The molecule has 1 aromatic carbocycles. The number of benzene rings is 1. The van der Waals surface area contributed by atoms with E-state index in [0.717, 1.165) is 23.4 Å². The van der Waals surface area contributed by atoms with Gasteiger partial charge in [0.2, 0.25) is 10.0 Å². The zero-order valence-electron chi connectivity index (χ0n) is 12.7. The Balaban J connectivity index is 2.38. The molecule has 21 heavy (non-hydrogen) atoms. The van der Waals surface area contributed by atoms with Crippen molar-refractivity contribution in [3.8, 4) is 0 Å². The Morgan fingerprint density at radius 2 is 1.71 bits per heavy atom. The molecule has 1 saturated heterocycles. The van der Waals surface area contributed by atoms with Crippen molar-refractivity contribution in [3.63, 3.8) is 0 Å². The molecule has 0 aliphatic carbocycles. The summed E-state index contributed by atoms with van der Waals surface area (Å²) in [5.74, 6) is 0.847. The van der Waals surface area contributed by atoms with Crippen LogP contribution in [0.5, 0.6) is 0 Å². The van der Waals surface area contributed by atoms with Crippen LogP contribution in [0.3, 0.4) is 0 Å². The molecule has 1 N–H and O–H groups in total. The summed E-state index contributed by atoms with van der Waals surface area (Å²) in [6, 6.07) is 3.73. The molecule has 0 spiro atoms. The summed E-state index contributed by atoms with van der Waals surface area (Å²) in [5.41, 5.74) is 2.43. The predicted molar refractivity (Wildman–Crippen MR) is 86.7 cm³/mol. The number of anilines is 1. The number of rotatable bonds is 4. The highest BCUT2D eigenvalue weighted by Crippen LogP contribution is 2.27. The van der Waals surface area contributed by atoms with Crippen LogP contribution in [0.4, 0.5) is 5.69 Å². The van der Waals surface area contributed by atoms with Gasteiger partial charge in [0.15, 0.2) is 0 Å². The quantitative estimate of drug-likeness (QED) is 0.908. The van der Waals surface area contributed by atoms with E-state index in [9.17, 15) is 12.6 Å².